The summed E-state index contributed by atoms with van der Waals surface area (Å²) in [4.78, 5) is 3.81. The van der Waals surface area contributed by atoms with Crippen LogP contribution in [0.25, 0.3) is 66.2 Å². The SMILES string of the molecule is CC#N.CC#N.[Fe+3].[O-][Cl+3]([O-])([O-])[O-].[O-][Cl+3]([O-])([O-])[O-].[O-][Cl+3]([O-])([O-])[O-].[O-][n+]1[nH]nc2ccccc21.[O-][n+]1[nH]nc2ccccc21.[O-][n+]1[nH]nc2ccccc21.[O-][n+]1[nH]nc2ccccc21.[O-][n+]1[nH]nc2ccccc21.[O-][n+]1[nH]nc2ccccc21. The third kappa shape index (κ3) is 27.8. The van der Waals surface area contributed by atoms with Crippen molar-refractivity contribution in [2.24, 2.45) is 0 Å². The summed E-state index contributed by atoms with van der Waals surface area (Å²) in [6, 6.07) is 46.3. The van der Waals surface area contributed by atoms with E-state index >= 15 is 0 Å². The van der Waals surface area contributed by atoms with E-state index < -0.39 is 30.7 Å². The maximum Gasteiger partial charge on any atom is 3.00 e. The fourth-order valence-electron chi connectivity index (χ4n) is 5.30. The Bertz CT molecular complexity index is 3200. The molecule has 12 aromatic rings. The zero-order valence-corrected chi connectivity index (χ0v) is 44.3. The summed E-state index contributed by atoms with van der Waals surface area (Å²) in [6.45, 7) is 2.86. The molecule has 0 atom stereocenters. The van der Waals surface area contributed by atoms with Crippen LogP contribution in [0.4, 0.5) is 0 Å². The molecular formula is C40H36Cl3FeN20O18. The van der Waals surface area contributed by atoms with Crippen LogP contribution >= 0.6 is 0 Å². The summed E-state index contributed by atoms with van der Waals surface area (Å²) in [5, 5.41) is 115. The largest absolute Gasteiger partial charge is 3.00 e. The van der Waals surface area contributed by atoms with E-state index in [9.17, 15) is 31.2 Å². The number of aromatic amines is 6. The molecule has 433 valence electrons. The Morgan fingerprint density at radius 2 is 0.390 bits per heavy atom. The predicted octanol–water partition coefficient (Wildman–Crippen LogP) is -12.0. The fraction of sp³-hybridized carbons (Fsp3) is 0.0500. The average Bonchev–Trinajstić information content (AvgIpc) is 4.38. The van der Waals surface area contributed by atoms with Crippen LogP contribution < -0.4 is 85.0 Å². The van der Waals surface area contributed by atoms with Crippen molar-refractivity contribution in [1.29, 1.82) is 10.5 Å². The molecule has 12 rings (SSSR count). The molecule has 82 heavy (non-hydrogen) atoms. The predicted molar refractivity (Wildman–Crippen MR) is 233 cm³/mol. The van der Waals surface area contributed by atoms with Crippen molar-refractivity contribution >= 4 is 66.2 Å². The Morgan fingerprint density at radius 1 is 0.293 bits per heavy atom. The summed E-state index contributed by atoms with van der Waals surface area (Å²) >= 11 is 0. The molecule has 42 heteroatoms. The number of fused-ring (bicyclic) bond motifs is 6. The smallest absolute Gasteiger partial charge is 0.692 e. The van der Waals surface area contributed by atoms with E-state index in [1.54, 1.807) is 121 Å². The number of halogens is 3. The van der Waals surface area contributed by atoms with Crippen molar-refractivity contribution in [2.45, 2.75) is 13.8 Å². The molecular weight excluding hydrogens is 1210 g/mol. The monoisotopic (exact) mass is 1250 g/mol. The Hall–Kier alpha value is -9.59. The van der Waals surface area contributed by atoms with E-state index in [1.165, 1.54) is 13.8 Å². The number of H-pyrrole nitrogens is 6. The van der Waals surface area contributed by atoms with Gasteiger partial charge in [0.2, 0.25) is 66.2 Å². The van der Waals surface area contributed by atoms with E-state index in [4.69, 9.17) is 66.4 Å². The third-order valence-corrected chi connectivity index (χ3v) is 8.17. The van der Waals surface area contributed by atoms with Crippen molar-refractivity contribution < 1.29 is 133 Å². The van der Waals surface area contributed by atoms with Crippen LogP contribution in [0.15, 0.2) is 146 Å². The first-order valence-corrected chi connectivity index (χ1v) is 24.4. The van der Waals surface area contributed by atoms with Gasteiger partial charge in [-0.1, -0.05) is 104 Å². The molecule has 1 radical (unpaired) electrons. The van der Waals surface area contributed by atoms with Gasteiger partial charge in [0.15, 0.2) is 0 Å². The van der Waals surface area contributed by atoms with Crippen LogP contribution in [0.1, 0.15) is 13.8 Å². The minimum atomic E-state index is -4.94. The second kappa shape index (κ2) is 35.1. The van der Waals surface area contributed by atoms with Crippen LogP contribution in [-0.4, -0.2) is 61.9 Å². The summed E-state index contributed by atoms with van der Waals surface area (Å²) in [7, 11) is -14.8. The normalized spacial score (nSPS) is 10.0. The number of benzene rings is 6. The van der Waals surface area contributed by atoms with Gasteiger partial charge in [0, 0.05) is 44.4 Å². The Morgan fingerprint density at radius 3 is 0.488 bits per heavy atom. The molecule has 0 aliphatic carbocycles. The average molecular weight is 1250 g/mol. The van der Waals surface area contributed by atoms with E-state index in [0.29, 0.717) is 95.3 Å². The number of para-hydroxylation sites is 12. The van der Waals surface area contributed by atoms with Gasteiger partial charge in [-0.2, -0.15) is 39.6 Å². The van der Waals surface area contributed by atoms with Gasteiger partial charge in [0.1, 0.15) is 0 Å². The van der Waals surface area contributed by atoms with Crippen LogP contribution in [0.2, 0.25) is 0 Å². The quantitative estimate of drug-likeness (QED) is 0.0466. The van der Waals surface area contributed by atoms with E-state index in [1.807, 2.05) is 36.4 Å². The van der Waals surface area contributed by atoms with Gasteiger partial charge in [0.25, 0.3) is 0 Å². The first-order valence-electron chi connectivity index (χ1n) is 20.7. The van der Waals surface area contributed by atoms with Crippen molar-refractivity contribution in [3.8, 4) is 12.1 Å². The second-order valence-electron chi connectivity index (χ2n) is 13.6. The van der Waals surface area contributed by atoms with E-state index in [-0.39, 0.29) is 17.1 Å². The molecule has 6 aromatic heterocycles. The zero-order chi connectivity index (χ0) is 60.8. The molecule has 38 nitrogen and oxygen atoms in total. The third-order valence-electron chi connectivity index (χ3n) is 8.17. The molecule has 0 aliphatic rings. The summed E-state index contributed by atoms with van der Waals surface area (Å²) < 4.78 is 102. The molecule has 0 fully saturated rings. The molecule has 0 saturated heterocycles. The van der Waals surface area contributed by atoms with Crippen LogP contribution in [0, 0.1) is 84.6 Å². The van der Waals surface area contributed by atoms with E-state index in [2.05, 4.69) is 61.9 Å². The number of nitrogens with one attached hydrogen (secondary N) is 6. The van der Waals surface area contributed by atoms with Crippen LogP contribution in [0.5, 0.6) is 0 Å². The molecule has 0 amide bonds. The fourth-order valence-corrected chi connectivity index (χ4v) is 5.30. The van der Waals surface area contributed by atoms with Crippen LogP contribution in [-0.2, 0) is 17.1 Å². The van der Waals surface area contributed by atoms with Gasteiger partial charge in [0.05, 0.1) is 12.1 Å². The van der Waals surface area contributed by atoms with Crippen molar-refractivity contribution in [3.63, 3.8) is 0 Å². The first kappa shape index (κ1) is 70.4. The summed E-state index contributed by atoms with van der Waals surface area (Å²) in [6.07, 6.45) is 0. The van der Waals surface area contributed by atoms with Gasteiger partial charge in [-0.05, 0) is 72.8 Å². The Labute approximate surface area is 472 Å². The number of hydrogen-bond donors (Lipinski definition) is 6. The molecule has 0 aliphatic heterocycles. The van der Waals surface area contributed by atoms with Crippen molar-refractivity contribution in [3.05, 3.63) is 177 Å². The van der Waals surface area contributed by atoms with Gasteiger partial charge in [-0.3, -0.25) is 0 Å². The minimum Gasteiger partial charge on any atom is -0.692 e. The summed E-state index contributed by atoms with van der Waals surface area (Å²) in [5.74, 6) is 0. The number of aromatic nitrogens is 18. The number of nitriles is 2. The molecule has 6 heterocycles. The Balaban J connectivity index is 0.000000460. The van der Waals surface area contributed by atoms with Gasteiger partial charge < -0.3 is 31.2 Å². The maximum atomic E-state index is 10.8. The second-order valence-corrected chi connectivity index (χ2v) is 15.8. The molecule has 0 unspecified atom stereocenters. The minimum absolute atomic E-state index is 0. The van der Waals surface area contributed by atoms with Crippen LogP contribution in [0.3, 0.4) is 0 Å². The number of hydrogen-bond acceptors (Lipinski definition) is 26. The zero-order valence-electron chi connectivity index (χ0n) is 41.0. The standard InChI is InChI=1S/6C6H5N3O.2C2H3N.3ClHO4.Fe/c6*10-9-6-4-2-1-3-5(6)7-8-9;2*1-2-3;3*2-1(3,4)5;/h6*1-4,8H;2*1H3;3*(H,2,3,4,5);/q;;;;;;;;;;;+3/p-3. The maximum absolute atomic E-state index is 10.8. The molecule has 6 N–H and O–H groups in total. The van der Waals surface area contributed by atoms with E-state index in [0.717, 1.165) is 0 Å². The van der Waals surface area contributed by atoms with Gasteiger partial charge in [-0.15, -0.1) is 30.7 Å². The molecule has 6 aromatic carbocycles. The molecule has 0 spiro atoms. The Kier molecular flexibility index (Phi) is 30.2. The first-order chi connectivity index (χ1) is 38.1. The molecule has 0 bridgehead atoms. The number of rotatable bonds is 0. The van der Waals surface area contributed by atoms with Gasteiger partial charge in [-0.25, -0.2) is 55.9 Å². The summed E-state index contributed by atoms with van der Waals surface area (Å²) in [5.41, 5.74) is 7.58. The topological polar surface area (TPSA) is 658 Å². The molecule has 0 saturated carbocycles. The van der Waals surface area contributed by atoms with Crippen molar-refractivity contribution in [1.82, 2.24) is 61.9 Å². The van der Waals surface area contributed by atoms with Crippen molar-refractivity contribution in [2.75, 3.05) is 0 Å². The number of nitrogens with zero attached hydrogens (tertiary/aromatic N) is 14. The van der Waals surface area contributed by atoms with Gasteiger partial charge >= 0.3 is 17.1 Å².